The Morgan fingerprint density at radius 3 is 3.09 bits per heavy atom. The third-order valence-corrected chi connectivity index (χ3v) is 5.98. The lowest BCUT2D eigenvalue weighted by Gasteiger charge is -2.17. The van der Waals surface area contributed by atoms with E-state index in [2.05, 4.69) is 15.5 Å². The monoisotopic (exact) mass is 332 g/mol. The highest BCUT2D eigenvalue weighted by atomic mass is 32.1. The average molecular weight is 332 g/mol. The van der Waals surface area contributed by atoms with E-state index in [0.717, 1.165) is 37.1 Å². The summed E-state index contributed by atoms with van der Waals surface area (Å²) < 4.78 is 1.68. The van der Waals surface area contributed by atoms with Gasteiger partial charge in [0, 0.05) is 29.3 Å². The molecular weight excluding hydrogens is 312 g/mol. The largest absolute Gasteiger partial charge is 0.349 e. The van der Waals surface area contributed by atoms with E-state index in [1.807, 2.05) is 5.38 Å². The van der Waals surface area contributed by atoms with Gasteiger partial charge in [-0.25, -0.2) is 9.89 Å². The minimum absolute atomic E-state index is 0.0443. The van der Waals surface area contributed by atoms with Crippen molar-refractivity contribution in [3.63, 3.8) is 0 Å². The molecule has 122 valence electrons. The number of aromatic amines is 1. The van der Waals surface area contributed by atoms with E-state index in [4.69, 9.17) is 0 Å². The van der Waals surface area contributed by atoms with E-state index in [1.165, 1.54) is 23.3 Å². The molecule has 23 heavy (non-hydrogen) atoms. The number of nitrogens with one attached hydrogen (secondary N) is 2. The van der Waals surface area contributed by atoms with Gasteiger partial charge in [-0.15, -0.1) is 11.3 Å². The second-order valence-electron chi connectivity index (χ2n) is 6.35. The fourth-order valence-corrected chi connectivity index (χ4v) is 4.72. The highest BCUT2D eigenvalue weighted by Gasteiger charge is 2.24. The normalized spacial score (nSPS) is 20.4. The van der Waals surface area contributed by atoms with Crippen LogP contribution in [0.2, 0.25) is 0 Å². The zero-order valence-electron chi connectivity index (χ0n) is 12.9. The average Bonchev–Trinajstić information content (AvgIpc) is 3.08. The molecule has 0 fully saturated rings. The van der Waals surface area contributed by atoms with Crippen molar-refractivity contribution in [2.45, 2.75) is 57.5 Å². The van der Waals surface area contributed by atoms with Crippen LogP contribution in [0, 0.1) is 0 Å². The predicted octanol–water partition coefficient (Wildman–Crippen LogP) is 1.65. The minimum atomic E-state index is -0.154. The Hall–Kier alpha value is -1.89. The highest BCUT2D eigenvalue weighted by molar-refractivity contribution is 7.10. The Balaban J connectivity index is 1.45. The van der Waals surface area contributed by atoms with Crippen molar-refractivity contribution in [2.24, 2.45) is 0 Å². The fraction of sp³-hybridized carbons (Fsp3) is 0.562. The number of H-pyrrole nitrogens is 1. The lowest BCUT2D eigenvalue weighted by atomic mass is 9.95. The van der Waals surface area contributed by atoms with Gasteiger partial charge in [0.15, 0.2) is 0 Å². The van der Waals surface area contributed by atoms with E-state index < -0.39 is 0 Å². The van der Waals surface area contributed by atoms with Crippen molar-refractivity contribution in [1.29, 1.82) is 0 Å². The van der Waals surface area contributed by atoms with Gasteiger partial charge in [-0.1, -0.05) is 0 Å². The molecule has 0 aromatic carbocycles. The predicted molar refractivity (Wildman–Crippen MR) is 88.0 cm³/mol. The summed E-state index contributed by atoms with van der Waals surface area (Å²) in [5.41, 5.74) is 1.97. The molecule has 0 radical (unpaired) electrons. The molecule has 2 N–H and O–H groups in total. The molecule has 2 aromatic heterocycles. The maximum absolute atomic E-state index is 12.6. The summed E-state index contributed by atoms with van der Waals surface area (Å²) >= 11 is 1.72. The van der Waals surface area contributed by atoms with E-state index in [0.29, 0.717) is 13.0 Å². The summed E-state index contributed by atoms with van der Waals surface area (Å²) in [6.45, 7) is 0.608. The van der Waals surface area contributed by atoms with Gasteiger partial charge in [-0.3, -0.25) is 9.36 Å². The molecule has 1 amide bonds. The molecule has 1 aliphatic heterocycles. The number of rotatable bonds is 2. The SMILES string of the molecule is O=C(NC1CCc2n[nH]c(=O)n2CC1)c1csc2c1CCCC2. The molecule has 2 aromatic rings. The number of nitrogens with zero attached hydrogens (tertiary/aromatic N) is 2. The van der Waals surface area contributed by atoms with Crippen LogP contribution in [0.15, 0.2) is 10.2 Å². The number of aryl methyl sites for hydroxylation is 2. The maximum Gasteiger partial charge on any atom is 0.343 e. The Kier molecular flexibility index (Phi) is 3.80. The van der Waals surface area contributed by atoms with Crippen LogP contribution in [0.4, 0.5) is 0 Å². The Labute approximate surface area is 137 Å². The van der Waals surface area contributed by atoms with Crippen molar-refractivity contribution in [3.05, 3.63) is 37.7 Å². The van der Waals surface area contributed by atoms with Gasteiger partial charge in [-0.05, 0) is 44.1 Å². The van der Waals surface area contributed by atoms with E-state index in [9.17, 15) is 9.59 Å². The van der Waals surface area contributed by atoms with Crippen molar-refractivity contribution < 1.29 is 4.79 Å². The van der Waals surface area contributed by atoms with Crippen molar-refractivity contribution in [3.8, 4) is 0 Å². The first-order valence-electron chi connectivity index (χ1n) is 8.26. The van der Waals surface area contributed by atoms with Gasteiger partial charge >= 0.3 is 5.69 Å². The number of amides is 1. The van der Waals surface area contributed by atoms with Crippen LogP contribution in [-0.2, 0) is 25.8 Å². The molecule has 0 bridgehead atoms. The van der Waals surface area contributed by atoms with E-state index in [1.54, 1.807) is 15.9 Å². The summed E-state index contributed by atoms with van der Waals surface area (Å²) in [5, 5.41) is 11.7. The van der Waals surface area contributed by atoms with Crippen molar-refractivity contribution in [1.82, 2.24) is 20.1 Å². The number of fused-ring (bicyclic) bond motifs is 2. The number of carbonyl (C=O) groups is 1. The smallest absolute Gasteiger partial charge is 0.343 e. The number of carbonyl (C=O) groups excluding carboxylic acids is 1. The standard InChI is InChI=1S/C16H20N4O2S/c21-15(12-9-23-13-4-2-1-3-11(12)13)17-10-5-6-14-18-19-16(22)20(14)8-7-10/h9-10H,1-8H2,(H,17,21)(H,19,22). The molecule has 0 spiro atoms. The molecular formula is C16H20N4O2S. The summed E-state index contributed by atoms with van der Waals surface area (Å²) in [5.74, 6) is 0.836. The Bertz CT molecular complexity index is 788. The van der Waals surface area contributed by atoms with Crippen LogP contribution in [-0.4, -0.2) is 26.7 Å². The third-order valence-electron chi connectivity index (χ3n) is 4.90. The molecule has 1 atom stereocenters. The molecule has 6 nitrogen and oxygen atoms in total. The molecule has 3 heterocycles. The summed E-state index contributed by atoms with van der Waals surface area (Å²) in [6.07, 6.45) is 6.85. The maximum atomic E-state index is 12.6. The Morgan fingerprint density at radius 2 is 2.17 bits per heavy atom. The first-order chi connectivity index (χ1) is 11.2. The fourth-order valence-electron chi connectivity index (χ4n) is 3.60. The number of hydrogen-bond acceptors (Lipinski definition) is 4. The molecule has 4 rings (SSSR count). The van der Waals surface area contributed by atoms with Crippen LogP contribution in [0.5, 0.6) is 0 Å². The second-order valence-corrected chi connectivity index (χ2v) is 7.32. The lowest BCUT2D eigenvalue weighted by molar-refractivity contribution is 0.0932. The number of hydrogen-bond donors (Lipinski definition) is 2. The van der Waals surface area contributed by atoms with E-state index in [-0.39, 0.29) is 17.6 Å². The minimum Gasteiger partial charge on any atom is -0.349 e. The van der Waals surface area contributed by atoms with Gasteiger partial charge in [-0.2, -0.15) is 5.10 Å². The van der Waals surface area contributed by atoms with Crippen molar-refractivity contribution in [2.75, 3.05) is 0 Å². The lowest BCUT2D eigenvalue weighted by Crippen LogP contribution is -2.35. The Morgan fingerprint density at radius 1 is 1.30 bits per heavy atom. The molecule has 1 unspecified atom stereocenters. The van der Waals surface area contributed by atoms with Gasteiger partial charge in [0.2, 0.25) is 0 Å². The van der Waals surface area contributed by atoms with Crippen LogP contribution in [0.3, 0.4) is 0 Å². The summed E-state index contributed by atoms with van der Waals surface area (Å²) in [6, 6.07) is 0.0998. The molecule has 7 heteroatoms. The summed E-state index contributed by atoms with van der Waals surface area (Å²) in [7, 11) is 0. The van der Waals surface area contributed by atoms with Crippen LogP contribution in [0.25, 0.3) is 0 Å². The summed E-state index contributed by atoms with van der Waals surface area (Å²) in [4.78, 5) is 25.7. The van der Waals surface area contributed by atoms with Crippen LogP contribution >= 0.6 is 11.3 Å². The third kappa shape index (κ3) is 2.73. The quantitative estimate of drug-likeness (QED) is 0.877. The van der Waals surface area contributed by atoms with Crippen LogP contribution in [0.1, 0.15) is 52.3 Å². The van der Waals surface area contributed by atoms with E-state index >= 15 is 0 Å². The zero-order valence-corrected chi connectivity index (χ0v) is 13.7. The molecule has 2 aliphatic rings. The zero-order chi connectivity index (χ0) is 15.8. The second kappa shape index (κ2) is 5.96. The first-order valence-corrected chi connectivity index (χ1v) is 9.14. The van der Waals surface area contributed by atoms with Gasteiger partial charge in [0.25, 0.3) is 5.91 Å². The first kappa shape index (κ1) is 14.7. The molecule has 1 aliphatic carbocycles. The topological polar surface area (TPSA) is 79.8 Å². The molecule has 0 saturated heterocycles. The molecule has 0 saturated carbocycles. The van der Waals surface area contributed by atoms with Gasteiger partial charge in [0.05, 0.1) is 5.56 Å². The number of thiophene rings is 1. The van der Waals surface area contributed by atoms with Gasteiger partial charge < -0.3 is 5.32 Å². The van der Waals surface area contributed by atoms with Crippen LogP contribution < -0.4 is 11.0 Å². The van der Waals surface area contributed by atoms with Crippen molar-refractivity contribution >= 4 is 17.2 Å². The van der Waals surface area contributed by atoms with Gasteiger partial charge in [0.1, 0.15) is 5.82 Å². The number of aromatic nitrogens is 3. The highest BCUT2D eigenvalue weighted by Crippen LogP contribution is 2.30.